The Morgan fingerprint density at radius 2 is 2.21 bits per heavy atom. The van der Waals surface area contributed by atoms with E-state index in [9.17, 15) is 9.18 Å². The molecule has 0 unspecified atom stereocenters. The molecule has 0 radical (unpaired) electrons. The fourth-order valence-electron chi connectivity index (χ4n) is 1.58. The van der Waals surface area contributed by atoms with Gasteiger partial charge in [0.1, 0.15) is 11.5 Å². The summed E-state index contributed by atoms with van der Waals surface area (Å²) < 4.78 is 13.3. The van der Waals surface area contributed by atoms with E-state index in [1.165, 1.54) is 6.07 Å². The van der Waals surface area contributed by atoms with Gasteiger partial charge in [0, 0.05) is 10.9 Å². The monoisotopic (exact) mass is 193 g/mol. The Morgan fingerprint density at radius 3 is 2.79 bits per heavy atom. The summed E-state index contributed by atoms with van der Waals surface area (Å²) in [5, 5.41) is 9.16. The predicted octanol–water partition coefficient (Wildman–Crippen LogP) is 2.31. The van der Waals surface area contributed by atoms with E-state index in [2.05, 4.69) is 4.98 Å². The maximum absolute atomic E-state index is 13.3. The highest BCUT2D eigenvalue weighted by molar-refractivity contribution is 5.97. The fourth-order valence-corrected chi connectivity index (χ4v) is 1.58. The Labute approximate surface area is 79.2 Å². The molecule has 3 nitrogen and oxygen atoms in total. The Bertz CT molecular complexity index is 516. The number of aryl methyl sites for hydroxylation is 1. The highest BCUT2D eigenvalue weighted by atomic mass is 19.1. The molecule has 2 N–H and O–H groups in total. The molecule has 1 aromatic carbocycles. The number of benzene rings is 1. The van der Waals surface area contributed by atoms with Gasteiger partial charge in [0.15, 0.2) is 0 Å². The molecule has 0 aliphatic rings. The molecule has 0 amide bonds. The molecule has 0 spiro atoms. The summed E-state index contributed by atoms with van der Waals surface area (Å²) in [5.41, 5.74) is 0.996. The van der Waals surface area contributed by atoms with Crippen molar-refractivity contribution in [3.8, 4) is 0 Å². The topological polar surface area (TPSA) is 53.1 Å². The van der Waals surface area contributed by atoms with Crippen LogP contribution in [0.1, 0.15) is 16.1 Å². The van der Waals surface area contributed by atoms with Gasteiger partial charge in [-0.05, 0) is 24.6 Å². The first-order valence-corrected chi connectivity index (χ1v) is 4.11. The van der Waals surface area contributed by atoms with E-state index in [-0.39, 0.29) is 5.69 Å². The van der Waals surface area contributed by atoms with Crippen molar-refractivity contribution in [2.75, 3.05) is 0 Å². The molecule has 0 bridgehead atoms. The third-order valence-electron chi connectivity index (χ3n) is 2.24. The standard InChI is InChI=1S/C10H8FNO2/c1-5-8-6(11)3-2-4-7(8)12-9(5)10(13)14/h2-4,12H,1H3,(H,13,14). The van der Waals surface area contributed by atoms with E-state index in [4.69, 9.17) is 5.11 Å². The lowest BCUT2D eigenvalue weighted by Crippen LogP contribution is -1.98. The molecule has 0 saturated heterocycles. The summed E-state index contributed by atoms with van der Waals surface area (Å²) in [4.78, 5) is 13.4. The summed E-state index contributed by atoms with van der Waals surface area (Å²) in [5.74, 6) is -1.47. The van der Waals surface area contributed by atoms with Gasteiger partial charge < -0.3 is 10.1 Å². The van der Waals surface area contributed by atoms with E-state index >= 15 is 0 Å². The number of aromatic carboxylic acids is 1. The van der Waals surface area contributed by atoms with Crippen molar-refractivity contribution in [3.63, 3.8) is 0 Å². The molecule has 0 aliphatic heterocycles. The fraction of sp³-hybridized carbons (Fsp3) is 0.100. The van der Waals surface area contributed by atoms with Crippen molar-refractivity contribution in [1.82, 2.24) is 4.98 Å². The van der Waals surface area contributed by atoms with Gasteiger partial charge in [-0.25, -0.2) is 9.18 Å². The summed E-state index contributed by atoms with van der Waals surface area (Å²) in [6, 6.07) is 4.51. The molecule has 0 aliphatic carbocycles. The quantitative estimate of drug-likeness (QED) is 0.730. The van der Waals surface area contributed by atoms with Crippen LogP contribution in [0.25, 0.3) is 10.9 Å². The van der Waals surface area contributed by atoms with E-state index in [0.717, 1.165) is 0 Å². The van der Waals surface area contributed by atoms with Gasteiger partial charge in [-0.15, -0.1) is 0 Å². The molecule has 2 rings (SSSR count). The first-order valence-electron chi connectivity index (χ1n) is 4.11. The average molecular weight is 193 g/mol. The lowest BCUT2D eigenvalue weighted by molar-refractivity contribution is 0.0691. The lowest BCUT2D eigenvalue weighted by atomic mass is 10.1. The number of H-pyrrole nitrogens is 1. The van der Waals surface area contributed by atoms with Crippen molar-refractivity contribution < 1.29 is 14.3 Å². The van der Waals surface area contributed by atoms with Gasteiger partial charge in [0.05, 0.1) is 0 Å². The molecule has 0 fully saturated rings. The SMILES string of the molecule is Cc1c(C(=O)O)[nH]c2cccc(F)c12. The first kappa shape index (κ1) is 8.74. The van der Waals surface area contributed by atoms with Crippen LogP contribution in [0.4, 0.5) is 4.39 Å². The Kier molecular flexibility index (Phi) is 1.77. The molecule has 0 atom stereocenters. The van der Waals surface area contributed by atoms with Crippen LogP contribution < -0.4 is 0 Å². The Morgan fingerprint density at radius 1 is 1.50 bits per heavy atom. The molecular weight excluding hydrogens is 185 g/mol. The van der Waals surface area contributed by atoms with Crippen molar-refractivity contribution in [2.45, 2.75) is 6.92 Å². The number of carboxylic acid groups (broad SMARTS) is 1. The Hall–Kier alpha value is -1.84. The van der Waals surface area contributed by atoms with Gasteiger partial charge in [0.2, 0.25) is 0 Å². The van der Waals surface area contributed by atoms with Crippen LogP contribution in [0.15, 0.2) is 18.2 Å². The minimum Gasteiger partial charge on any atom is -0.477 e. The summed E-state index contributed by atoms with van der Waals surface area (Å²) >= 11 is 0. The van der Waals surface area contributed by atoms with Crippen LogP contribution >= 0.6 is 0 Å². The average Bonchev–Trinajstić information content (AvgIpc) is 2.45. The molecule has 72 valence electrons. The van der Waals surface area contributed by atoms with Crippen molar-refractivity contribution >= 4 is 16.9 Å². The summed E-state index contributed by atoms with van der Waals surface area (Å²) in [6.45, 7) is 1.59. The predicted molar refractivity (Wildman–Crippen MR) is 50.0 cm³/mol. The minimum atomic E-state index is -1.07. The maximum Gasteiger partial charge on any atom is 0.352 e. The number of rotatable bonds is 1. The zero-order valence-electron chi connectivity index (χ0n) is 7.47. The first-order chi connectivity index (χ1) is 6.61. The highest BCUT2D eigenvalue weighted by Gasteiger charge is 2.15. The zero-order valence-corrected chi connectivity index (χ0v) is 7.47. The van der Waals surface area contributed by atoms with Crippen LogP contribution in [-0.2, 0) is 0 Å². The van der Waals surface area contributed by atoms with Crippen LogP contribution in [-0.4, -0.2) is 16.1 Å². The highest BCUT2D eigenvalue weighted by Crippen LogP contribution is 2.24. The molecular formula is C10H8FNO2. The number of carbonyl (C=O) groups is 1. The second-order valence-corrected chi connectivity index (χ2v) is 3.09. The van der Waals surface area contributed by atoms with Gasteiger partial charge in [-0.3, -0.25) is 0 Å². The second-order valence-electron chi connectivity index (χ2n) is 3.09. The molecule has 1 aromatic heterocycles. The number of nitrogens with one attached hydrogen (secondary N) is 1. The largest absolute Gasteiger partial charge is 0.477 e. The third kappa shape index (κ3) is 1.08. The van der Waals surface area contributed by atoms with Gasteiger partial charge in [0.25, 0.3) is 0 Å². The maximum atomic E-state index is 13.3. The number of halogens is 1. The van der Waals surface area contributed by atoms with Crippen LogP contribution in [0.3, 0.4) is 0 Å². The van der Waals surface area contributed by atoms with E-state index < -0.39 is 11.8 Å². The van der Waals surface area contributed by atoms with Crippen molar-refractivity contribution in [3.05, 3.63) is 35.3 Å². The van der Waals surface area contributed by atoms with Gasteiger partial charge >= 0.3 is 5.97 Å². The van der Waals surface area contributed by atoms with Crippen molar-refractivity contribution in [1.29, 1.82) is 0 Å². The molecule has 14 heavy (non-hydrogen) atoms. The van der Waals surface area contributed by atoms with Crippen LogP contribution in [0.5, 0.6) is 0 Å². The number of hydrogen-bond donors (Lipinski definition) is 2. The summed E-state index contributed by atoms with van der Waals surface area (Å²) in [7, 11) is 0. The van der Waals surface area contributed by atoms with Gasteiger partial charge in [-0.1, -0.05) is 6.07 Å². The minimum absolute atomic E-state index is 0.0464. The number of aromatic nitrogens is 1. The van der Waals surface area contributed by atoms with Crippen LogP contribution in [0, 0.1) is 12.7 Å². The third-order valence-corrected chi connectivity index (χ3v) is 2.24. The van der Waals surface area contributed by atoms with Crippen molar-refractivity contribution in [2.24, 2.45) is 0 Å². The van der Waals surface area contributed by atoms with Crippen LogP contribution in [0.2, 0.25) is 0 Å². The Balaban J connectivity index is 2.87. The second kappa shape index (κ2) is 2.83. The molecule has 0 saturated carbocycles. The van der Waals surface area contributed by atoms with E-state index in [1.807, 2.05) is 0 Å². The zero-order chi connectivity index (χ0) is 10.3. The normalized spacial score (nSPS) is 10.7. The molecule has 2 aromatic rings. The number of carboxylic acids is 1. The lowest BCUT2D eigenvalue weighted by Gasteiger charge is -1.92. The van der Waals surface area contributed by atoms with Gasteiger partial charge in [-0.2, -0.15) is 0 Å². The molecule has 1 heterocycles. The smallest absolute Gasteiger partial charge is 0.352 e. The summed E-state index contributed by atoms with van der Waals surface area (Å²) in [6.07, 6.45) is 0. The number of aromatic amines is 1. The van der Waals surface area contributed by atoms with E-state index in [0.29, 0.717) is 16.5 Å². The number of hydrogen-bond acceptors (Lipinski definition) is 1. The number of fused-ring (bicyclic) bond motifs is 1. The molecule has 4 heteroatoms. The van der Waals surface area contributed by atoms with E-state index in [1.54, 1.807) is 19.1 Å².